The SMILES string of the molecule is CCOC(=O)c1cnc(C)c(NC(=O)c2cnn3cc(-c4cnn(C)c4C)sc23)c1. The van der Waals surface area contributed by atoms with Crippen LogP contribution in [0.25, 0.3) is 15.3 Å². The van der Waals surface area contributed by atoms with Crippen LogP contribution in [0.15, 0.2) is 30.9 Å². The van der Waals surface area contributed by atoms with E-state index in [1.54, 1.807) is 35.3 Å². The van der Waals surface area contributed by atoms with Gasteiger partial charge in [0, 0.05) is 30.7 Å². The minimum absolute atomic E-state index is 0.264. The molecule has 1 N–H and O–H groups in total. The van der Waals surface area contributed by atoms with Gasteiger partial charge < -0.3 is 10.1 Å². The summed E-state index contributed by atoms with van der Waals surface area (Å²) >= 11 is 1.47. The van der Waals surface area contributed by atoms with Crippen LogP contribution in [0.2, 0.25) is 0 Å². The van der Waals surface area contributed by atoms with Gasteiger partial charge in [0.05, 0.1) is 46.4 Å². The Kier molecular flexibility index (Phi) is 5.08. The third-order valence-corrected chi connectivity index (χ3v) is 5.93. The van der Waals surface area contributed by atoms with Crippen LogP contribution in [-0.2, 0) is 11.8 Å². The van der Waals surface area contributed by atoms with Gasteiger partial charge in [0.15, 0.2) is 0 Å². The maximum Gasteiger partial charge on any atom is 0.339 e. The zero-order valence-electron chi connectivity index (χ0n) is 17.0. The Bertz CT molecular complexity index is 1270. The van der Waals surface area contributed by atoms with Gasteiger partial charge in [-0.25, -0.2) is 9.31 Å². The molecule has 0 radical (unpaired) electrons. The molecule has 30 heavy (non-hydrogen) atoms. The number of esters is 1. The minimum atomic E-state index is -0.483. The molecule has 0 aromatic carbocycles. The van der Waals surface area contributed by atoms with Gasteiger partial charge in [0.1, 0.15) is 4.83 Å². The van der Waals surface area contributed by atoms with E-state index < -0.39 is 5.97 Å². The molecule has 0 saturated heterocycles. The lowest BCUT2D eigenvalue weighted by Gasteiger charge is -2.09. The van der Waals surface area contributed by atoms with Crippen LogP contribution in [0.5, 0.6) is 0 Å². The highest BCUT2D eigenvalue weighted by atomic mass is 32.1. The fraction of sp³-hybridized carbons (Fsp3) is 0.250. The summed E-state index contributed by atoms with van der Waals surface area (Å²) in [7, 11) is 1.89. The van der Waals surface area contributed by atoms with Crippen LogP contribution in [-0.4, -0.2) is 42.9 Å². The maximum absolute atomic E-state index is 12.9. The van der Waals surface area contributed by atoms with Crippen molar-refractivity contribution in [1.82, 2.24) is 24.4 Å². The van der Waals surface area contributed by atoms with Gasteiger partial charge in [-0.1, -0.05) is 0 Å². The number of aromatic nitrogens is 5. The Morgan fingerprint density at radius 2 is 2.00 bits per heavy atom. The number of nitrogens with zero attached hydrogens (tertiary/aromatic N) is 5. The molecule has 0 spiro atoms. The predicted octanol–water partition coefficient (Wildman–Crippen LogP) is 3.24. The van der Waals surface area contributed by atoms with E-state index in [4.69, 9.17) is 4.74 Å². The molecule has 154 valence electrons. The Balaban J connectivity index is 1.64. The van der Waals surface area contributed by atoms with Gasteiger partial charge in [-0.2, -0.15) is 10.2 Å². The molecule has 4 aromatic rings. The van der Waals surface area contributed by atoms with Crippen molar-refractivity contribution in [2.45, 2.75) is 20.8 Å². The number of ether oxygens (including phenoxy) is 1. The quantitative estimate of drug-likeness (QED) is 0.493. The Morgan fingerprint density at radius 3 is 2.70 bits per heavy atom. The molecule has 4 rings (SSSR count). The Hall–Kier alpha value is -3.53. The monoisotopic (exact) mass is 424 g/mol. The maximum atomic E-state index is 12.9. The molecule has 0 unspecified atom stereocenters. The summed E-state index contributed by atoms with van der Waals surface area (Å²) in [6.45, 7) is 5.74. The zero-order valence-corrected chi connectivity index (χ0v) is 17.8. The fourth-order valence-corrected chi connectivity index (χ4v) is 4.10. The van der Waals surface area contributed by atoms with E-state index in [1.165, 1.54) is 23.7 Å². The van der Waals surface area contributed by atoms with Crippen LogP contribution >= 0.6 is 11.3 Å². The number of thiazole rings is 1. The topological polar surface area (TPSA) is 103 Å². The van der Waals surface area contributed by atoms with Crippen molar-refractivity contribution in [2.75, 3.05) is 11.9 Å². The summed E-state index contributed by atoms with van der Waals surface area (Å²) in [5.41, 5.74) is 3.80. The lowest BCUT2D eigenvalue weighted by atomic mass is 10.2. The molecular formula is C20H20N6O3S. The number of carbonyl (C=O) groups is 2. The molecule has 0 saturated carbocycles. The molecule has 0 fully saturated rings. The number of carbonyl (C=O) groups excluding carboxylic acids is 2. The first-order valence-electron chi connectivity index (χ1n) is 9.30. The first kappa shape index (κ1) is 19.8. The number of amides is 1. The summed E-state index contributed by atoms with van der Waals surface area (Å²) < 4.78 is 8.49. The van der Waals surface area contributed by atoms with Crippen molar-refractivity contribution in [1.29, 1.82) is 0 Å². The van der Waals surface area contributed by atoms with E-state index in [2.05, 4.69) is 20.5 Å². The summed E-state index contributed by atoms with van der Waals surface area (Å²) in [6, 6.07) is 1.57. The van der Waals surface area contributed by atoms with Crippen molar-refractivity contribution < 1.29 is 14.3 Å². The van der Waals surface area contributed by atoms with Gasteiger partial charge in [0.25, 0.3) is 5.91 Å². The number of anilines is 1. The molecule has 0 aliphatic heterocycles. The summed E-state index contributed by atoms with van der Waals surface area (Å²) in [5, 5.41) is 11.4. The number of rotatable bonds is 5. The van der Waals surface area contributed by atoms with E-state index in [9.17, 15) is 9.59 Å². The van der Waals surface area contributed by atoms with Gasteiger partial charge in [-0.05, 0) is 26.8 Å². The van der Waals surface area contributed by atoms with Crippen LogP contribution in [0, 0.1) is 13.8 Å². The van der Waals surface area contributed by atoms with Crippen LogP contribution < -0.4 is 5.32 Å². The smallest absolute Gasteiger partial charge is 0.339 e. The largest absolute Gasteiger partial charge is 0.462 e. The van der Waals surface area contributed by atoms with E-state index in [1.807, 2.05) is 20.2 Å². The van der Waals surface area contributed by atoms with Gasteiger partial charge in [-0.3, -0.25) is 14.5 Å². The van der Waals surface area contributed by atoms with Crippen molar-refractivity contribution in [3.05, 3.63) is 53.4 Å². The Morgan fingerprint density at radius 1 is 1.20 bits per heavy atom. The number of nitrogens with one attached hydrogen (secondary N) is 1. The third kappa shape index (κ3) is 3.45. The van der Waals surface area contributed by atoms with Crippen molar-refractivity contribution >= 4 is 33.7 Å². The lowest BCUT2D eigenvalue weighted by molar-refractivity contribution is 0.0525. The van der Waals surface area contributed by atoms with Gasteiger partial charge in [-0.15, -0.1) is 11.3 Å². The summed E-state index contributed by atoms with van der Waals surface area (Å²) in [5.74, 6) is -0.810. The molecule has 0 aliphatic rings. The minimum Gasteiger partial charge on any atom is -0.462 e. The normalized spacial score (nSPS) is 11.1. The van der Waals surface area contributed by atoms with Gasteiger partial charge in [0.2, 0.25) is 0 Å². The van der Waals surface area contributed by atoms with E-state index in [0.717, 1.165) is 21.0 Å². The first-order chi connectivity index (χ1) is 14.4. The second-order valence-electron chi connectivity index (χ2n) is 6.70. The van der Waals surface area contributed by atoms with Crippen molar-refractivity contribution in [3.63, 3.8) is 0 Å². The number of pyridine rings is 1. The standard InChI is InChI=1S/C20H20N6O3S/c1-5-29-20(28)13-6-16(11(2)21-7-13)24-18(27)15-9-23-26-10-17(30-19(15)26)14-8-22-25(4)12(14)3/h6-10H,5H2,1-4H3,(H,24,27). The number of hydrogen-bond donors (Lipinski definition) is 1. The number of fused-ring (bicyclic) bond motifs is 1. The van der Waals surface area contributed by atoms with Crippen molar-refractivity contribution in [3.8, 4) is 10.4 Å². The third-order valence-electron chi connectivity index (χ3n) is 4.79. The van der Waals surface area contributed by atoms with Crippen LogP contribution in [0.1, 0.15) is 39.0 Å². The molecule has 0 bridgehead atoms. The number of aryl methyl sites for hydroxylation is 2. The molecule has 4 heterocycles. The molecule has 10 heteroatoms. The second-order valence-corrected chi connectivity index (χ2v) is 7.73. The van der Waals surface area contributed by atoms with Crippen molar-refractivity contribution in [2.24, 2.45) is 7.05 Å². The van der Waals surface area contributed by atoms with E-state index in [0.29, 0.717) is 16.9 Å². The molecule has 0 atom stereocenters. The lowest BCUT2D eigenvalue weighted by Crippen LogP contribution is -2.14. The highest BCUT2D eigenvalue weighted by molar-refractivity contribution is 7.21. The average Bonchev–Trinajstić information content (AvgIpc) is 3.38. The molecule has 1 amide bonds. The molecule has 0 aliphatic carbocycles. The van der Waals surface area contributed by atoms with Crippen LogP contribution in [0.3, 0.4) is 0 Å². The molecule has 9 nitrogen and oxygen atoms in total. The van der Waals surface area contributed by atoms with Crippen LogP contribution in [0.4, 0.5) is 5.69 Å². The average molecular weight is 424 g/mol. The number of hydrogen-bond acceptors (Lipinski definition) is 7. The highest BCUT2D eigenvalue weighted by Gasteiger charge is 2.19. The molecular weight excluding hydrogens is 404 g/mol. The molecule has 4 aromatic heterocycles. The fourth-order valence-electron chi connectivity index (χ4n) is 2.98. The van der Waals surface area contributed by atoms with Gasteiger partial charge >= 0.3 is 5.97 Å². The summed E-state index contributed by atoms with van der Waals surface area (Å²) in [4.78, 5) is 30.8. The van der Waals surface area contributed by atoms with E-state index in [-0.39, 0.29) is 18.1 Å². The predicted molar refractivity (Wildman–Crippen MR) is 113 cm³/mol. The summed E-state index contributed by atoms with van der Waals surface area (Å²) in [6.07, 6.45) is 6.65. The zero-order chi connectivity index (χ0) is 21.4. The first-order valence-corrected chi connectivity index (χ1v) is 10.1. The highest BCUT2D eigenvalue weighted by Crippen LogP contribution is 2.32. The second kappa shape index (κ2) is 7.71. The van der Waals surface area contributed by atoms with E-state index >= 15 is 0 Å². The Labute approximate surface area is 176 Å².